The van der Waals surface area contributed by atoms with Crippen LogP contribution in [-0.4, -0.2) is 11.2 Å². The summed E-state index contributed by atoms with van der Waals surface area (Å²) in [5.74, 6) is 1.23. The molecule has 2 atom stereocenters. The summed E-state index contributed by atoms with van der Waals surface area (Å²) < 4.78 is 5.78. The lowest BCUT2D eigenvalue weighted by Gasteiger charge is -2.45. The van der Waals surface area contributed by atoms with Gasteiger partial charge in [0.25, 0.3) is 0 Å². The van der Waals surface area contributed by atoms with Crippen molar-refractivity contribution in [3.8, 4) is 5.75 Å². The topological polar surface area (TPSA) is 29.5 Å². The molecule has 0 amide bonds. The molecule has 2 aliphatic rings. The molecule has 2 saturated carbocycles. The van der Waals surface area contributed by atoms with E-state index in [0.717, 1.165) is 30.6 Å². The fourth-order valence-electron chi connectivity index (χ4n) is 3.50. The summed E-state index contributed by atoms with van der Waals surface area (Å²) in [5.41, 5.74) is 0.720. The highest BCUT2D eigenvalue weighted by Gasteiger charge is 2.43. The van der Waals surface area contributed by atoms with E-state index in [1.807, 2.05) is 24.3 Å². The zero-order chi connectivity index (χ0) is 14.4. The van der Waals surface area contributed by atoms with Gasteiger partial charge in [-0.05, 0) is 61.1 Å². The zero-order valence-electron chi connectivity index (χ0n) is 12.9. The predicted octanol–water partition coefficient (Wildman–Crippen LogP) is 4.26. The summed E-state index contributed by atoms with van der Waals surface area (Å²) in [4.78, 5) is 0. The Kier molecular flexibility index (Phi) is 3.32. The van der Waals surface area contributed by atoms with Crippen molar-refractivity contribution in [1.29, 1.82) is 0 Å². The molecule has 0 bridgehead atoms. The Morgan fingerprint density at radius 3 is 2.30 bits per heavy atom. The largest absolute Gasteiger partial charge is 0.490 e. The molecular weight excluding hydrogens is 248 g/mol. The van der Waals surface area contributed by atoms with Gasteiger partial charge < -0.3 is 9.84 Å². The van der Waals surface area contributed by atoms with Gasteiger partial charge in [-0.2, -0.15) is 0 Å². The van der Waals surface area contributed by atoms with Crippen LogP contribution in [0.2, 0.25) is 0 Å². The Morgan fingerprint density at radius 1 is 1.10 bits per heavy atom. The van der Waals surface area contributed by atoms with Crippen molar-refractivity contribution in [2.24, 2.45) is 11.3 Å². The lowest BCUT2D eigenvalue weighted by molar-refractivity contribution is -0.0770. The van der Waals surface area contributed by atoms with Gasteiger partial charge in [0.2, 0.25) is 0 Å². The van der Waals surface area contributed by atoms with E-state index in [-0.39, 0.29) is 0 Å². The Balaban J connectivity index is 1.76. The number of rotatable bonds is 3. The van der Waals surface area contributed by atoms with Gasteiger partial charge in [-0.1, -0.05) is 32.9 Å². The number of ether oxygens (including phenoxy) is 1. The van der Waals surface area contributed by atoms with Crippen molar-refractivity contribution in [3.63, 3.8) is 0 Å². The molecule has 2 fully saturated rings. The van der Waals surface area contributed by atoms with Gasteiger partial charge >= 0.3 is 0 Å². The molecule has 2 unspecified atom stereocenters. The van der Waals surface area contributed by atoms with Gasteiger partial charge in [0.15, 0.2) is 0 Å². The van der Waals surface area contributed by atoms with Crippen LogP contribution < -0.4 is 4.74 Å². The molecule has 0 radical (unpaired) electrons. The van der Waals surface area contributed by atoms with E-state index in [4.69, 9.17) is 4.74 Å². The predicted molar refractivity (Wildman–Crippen MR) is 80.8 cm³/mol. The molecule has 1 N–H and O–H groups in total. The lowest BCUT2D eigenvalue weighted by atomic mass is 9.63. The van der Waals surface area contributed by atoms with E-state index in [2.05, 4.69) is 20.8 Å². The number of aliphatic hydroxyl groups is 1. The highest BCUT2D eigenvalue weighted by Crippen LogP contribution is 2.48. The molecule has 1 aromatic carbocycles. The summed E-state index contributed by atoms with van der Waals surface area (Å²) in [6, 6.07) is 8.12. The molecular formula is C18H26O2. The van der Waals surface area contributed by atoms with Crippen molar-refractivity contribution in [2.45, 2.75) is 64.6 Å². The van der Waals surface area contributed by atoms with E-state index in [0.29, 0.717) is 17.4 Å². The maximum Gasteiger partial charge on any atom is 0.119 e. The Hall–Kier alpha value is -1.02. The van der Waals surface area contributed by atoms with Crippen LogP contribution in [0.3, 0.4) is 0 Å². The first-order valence-corrected chi connectivity index (χ1v) is 7.89. The fourth-order valence-corrected chi connectivity index (χ4v) is 3.50. The maximum absolute atomic E-state index is 11.1. The fraction of sp³-hybridized carbons (Fsp3) is 0.667. The minimum absolute atomic E-state index is 0.293. The van der Waals surface area contributed by atoms with Gasteiger partial charge in [0.1, 0.15) is 5.75 Å². The molecule has 0 spiro atoms. The van der Waals surface area contributed by atoms with Crippen LogP contribution in [0.15, 0.2) is 24.3 Å². The molecule has 2 nitrogen and oxygen atoms in total. The van der Waals surface area contributed by atoms with Crippen LogP contribution in [0, 0.1) is 11.3 Å². The third-order valence-corrected chi connectivity index (χ3v) is 5.04. The Labute approximate surface area is 122 Å². The van der Waals surface area contributed by atoms with Gasteiger partial charge in [0, 0.05) is 0 Å². The molecule has 3 rings (SSSR count). The van der Waals surface area contributed by atoms with E-state index in [9.17, 15) is 5.11 Å². The van der Waals surface area contributed by atoms with Crippen molar-refractivity contribution in [2.75, 3.05) is 0 Å². The Bertz CT molecular complexity index is 473. The zero-order valence-corrected chi connectivity index (χ0v) is 12.9. The van der Waals surface area contributed by atoms with E-state index in [1.54, 1.807) is 0 Å². The molecule has 0 heterocycles. The van der Waals surface area contributed by atoms with Crippen LogP contribution in [0.4, 0.5) is 0 Å². The first-order valence-electron chi connectivity index (χ1n) is 7.89. The minimum atomic E-state index is -0.673. The number of benzene rings is 1. The van der Waals surface area contributed by atoms with Crippen LogP contribution in [0.5, 0.6) is 5.75 Å². The van der Waals surface area contributed by atoms with Gasteiger partial charge in [-0.25, -0.2) is 0 Å². The van der Waals surface area contributed by atoms with Crippen molar-refractivity contribution in [3.05, 3.63) is 29.8 Å². The van der Waals surface area contributed by atoms with Crippen LogP contribution >= 0.6 is 0 Å². The second-order valence-corrected chi connectivity index (χ2v) is 7.54. The second kappa shape index (κ2) is 4.77. The van der Waals surface area contributed by atoms with Crippen molar-refractivity contribution < 1.29 is 9.84 Å². The first kappa shape index (κ1) is 13.9. The molecule has 0 aliphatic heterocycles. The quantitative estimate of drug-likeness (QED) is 0.892. The summed E-state index contributed by atoms with van der Waals surface area (Å²) in [6.45, 7) is 6.78. The second-order valence-electron chi connectivity index (χ2n) is 7.54. The van der Waals surface area contributed by atoms with Crippen LogP contribution in [-0.2, 0) is 5.60 Å². The smallest absolute Gasteiger partial charge is 0.119 e. The summed E-state index contributed by atoms with van der Waals surface area (Å²) in [7, 11) is 0. The van der Waals surface area contributed by atoms with Gasteiger partial charge in [-0.15, -0.1) is 0 Å². The first-order chi connectivity index (χ1) is 9.39. The maximum atomic E-state index is 11.1. The standard InChI is InChI=1S/C18H26O2/c1-13-12-17(2,3)10-11-18(13,19)14-4-6-15(7-5-14)20-16-8-9-16/h4-7,13,16,19H,8-12H2,1-3H3. The van der Waals surface area contributed by atoms with Crippen LogP contribution in [0.25, 0.3) is 0 Å². The number of hydrogen-bond acceptors (Lipinski definition) is 2. The molecule has 1 aromatic rings. The van der Waals surface area contributed by atoms with Crippen molar-refractivity contribution in [1.82, 2.24) is 0 Å². The molecule has 2 heteroatoms. The third-order valence-electron chi connectivity index (χ3n) is 5.04. The summed E-state index contributed by atoms with van der Waals surface area (Å²) in [5, 5.41) is 11.1. The average Bonchev–Trinajstić information content (AvgIpc) is 3.19. The third kappa shape index (κ3) is 2.71. The molecule has 0 aromatic heterocycles. The highest BCUT2D eigenvalue weighted by molar-refractivity contribution is 5.32. The van der Waals surface area contributed by atoms with E-state index in [1.165, 1.54) is 12.8 Å². The van der Waals surface area contributed by atoms with Crippen LogP contribution in [0.1, 0.15) is 58.4 Å². The molecule has 20 heavy (non-hydrogen) atoms. The summed E-state index contributed by atoms with van der Waals surface area (Å²) >= 11 is 0. The lowest BCUT2D eigenvalue weighted by Crippen LogP contribution is -2.41. The van der Waals surface area contributed by atoms with Crippen molar-refractivity contribution >= 4 is 0 Å². The monoisotopic (exact) mass is 274 g/mol. The summed E-state index contributed by atoms with van der Waals surface area (Å²) in [6.07, 6.45) is 5.79. The molecule has 0 saturated heterocycles. The minimum Gasteiger partial charge on any atom is -0.490 e. The van der Waals surface area contributed by atoms with E-state index < -0.39 is 5.60 Å². The van der Waals surface area contributed by atoms with Gasteiger partial charge in [0.05, 0.1) is 11.7 Å². The molecule has 2 aliphatic carbocycles. The van der Waals surface area contributed by atoms with Gasteiger partial charge in [-0.3, -0.25) is 0 Å². The average molecular weight is 274 g/mol. The van der Waals surface area contributed by atoms with E-state index >= 15 is 0 Å². The normalized spacial score (nSPS) is 32.9. The number of hydrogen-bond donors (Lipinski definition) is 1. The highest BCUT2D eigenvalue weighted by atomic mass is 16.5. The Morgan fingerprint density at radius 2 is 1.75 bits per heavy atom. The SMILES string of the molecule is CC1CC(C)(C)CCC1(O)c1ccc(OC2CC2)cc1. The molecule has 110 valence electrons.